The lowest BCUT2D eigenvalue weighted by Crippen LogP contribution is -2.56. The van der Waals surface area contributed by atoms with Gasteiger partial charge in [-0.05, 0) is 55.9 Å². The average molecular weight is 348 g/mol. The molecule has 1 aliphatic carbocycles. The number of hydrogen-bond donors (Lipinski definition) is 1. The average Bonchev–Trinajstić information content (AvgIpc) is 3.31. The van der Waals surface area contributed by atoms with Gasteiger partial charge in [-0.2, -0.15) is 0 Å². The lowest BCUT2D eigenvalue weighted by atomic mass is 10.1. The van der Waals surface area contributed by atoms with Gasteiger partial charge in [-0.15, -0.1) is 0 Å². The SMILES string of the molecule is O=C(c1ccc(NS(=O)[O-])cc1)N1C2CCC1CN(CC1CC1)C2. The van der Waals surface area contributed by atoms with E-state index in [-0.39, 0.29) is 5.91 Å². The summed E-state index contributed by atoms with van der Waals surface area (Å²) in [5, 5.41) is 0. The topological polar surface area (TPSA) is 75.7 Å². The molecule has 2 heterocycles. The minimum absolute atomic E-state index is 0.0726. The van der Waals surface area contributed by atoms with E-state index in [1.165, 1.54) is 19.4 Å². The Labute approximate surface area is 144 Å². The molecule has 7 heteroatoms. The summed E-state index contributed by atoms with van der Waals surface area (Å²) in [6.45, 7) is 3.18. The second-order valence-electron chi connectivity index (χ2n) is 7.17. The second kappa shape index (κ2) is 6.46. The lowest BCUT2D eigenvalue weighted by Gasteiger charge is -2.41. The number of piperazine rings is 1. The van der Waals surface area contributed by atoms with Crippen LogP contribution in [-0.4, -0.2) is 56.2 Å². The van der Waals surface area contributed by atoms with Crippen molar-refractivity contribution in [3.8, 4) is 0 Å². The van der Waals surface area contributed by atoms with Crippen LogP contribution in [0.5, 0.6) is 0 Å². The Bertz CT molecular complexity index is 633. The van der Waals surface area contributed by atoms with Gasteiger partial charge in [0, 0.05) is 54.2 Å². The van der Waals surface area contributed by atoms with Crippen molar-refractivity contribution in [2.24, 2.45) is 5.92 Å². The fourth-order valence-electron chi connectivity index (χ4n) is 4.06. The minimum atomic E-state index is -2.34. The standard InChI is InChI=1S/C17H23N3O3S/c21-17(13-3-5-14(6-4-13)18-24(22)23)20-15-7-8-16(20)11-19(10-15)9-12-1-2-12/h3-6,12,15-16,18H,1-2,7-11H2,(H,22,23)/p-1. The summed E-state index contributed by atoms with van der Waals surface area (Å²) in [7, 11) is 0. The first-order valence-electron chi connectivity index (χ1n) is 8.61. The number of nitrogens with zero attached hydrogens (tertiary/aromatic N) is 2. The van der Waals surface area contributed by atoms with Gasteiger partial charge in [0.15, 0.2) is 0 Å². The molecule has 1 aromatic carbocycles. The summed E-state index contributed by atoms with van der Waals surface area (Å²) in [4.78, 5) is 17.5. The van der Waals surface area contributed by atoms with E-state index in [1.807, 2.05) is 0 Å². The summed E-state index contributed by atoms with van der Waals surface area (Å²) < 4.78 is 23.6. The number of hydrogen-bond acceptors (Lipinski definition) is 4. The van der Waals surface area contributed by atoms with E-state index < -0.39 is 11.3 Å². The molecule has 0 radical (unpaired) electrons. The maximum absolute atomic E-state index is 12.9. The molecule has 1 N–H and O–H groups in total. The maximum atomic E-state index is 12.9. The molecule has 3 fully saturated rings. The van der Waals surface area contributed by atoms with Gasteiger partial charge in [0.05, 0.1) is 0 Å². The van der Waals surface area contributed by atoms with Gasteiger partial charge in [0.2, 0.25) is 0 Å². The fourth-order valence-corrected chi connectivity index (χ4v) is 4.39. The normalized spacial score (nSPS) is 28.0. The fraction of sp³-hybridized carbons (Fsp3) is 0.588. The summed E-state index contributed by atoms with van der Waals surface area (Å²) in [6, 6.07) is 7.31. The Morgan fingerprint density at radius 1 is 1.12 bits per heavy atom. The van der Waals surface area contributed by atoms with Crippen molar-refractivity contribution >= 4 is 22.9 Å². The van der Waals surface area contributed by atoms with Crippen LogP contribution in [0.2, 0.25) is 0 Å². The zero-order valence-electron chi connectivity index (χ0n) is 13.5. The Hall–Kier alpha value is -1.44. The first kappa shape index (κ1) is 16.1. The van der Waals surface area contributed by atoms with Crippen LogP contribution in [0, 0.1) is 5.92 Å². The Balaban J connectivity index is 1.43. The van der Waals surface area contributed by atoms with Crippen molar-refractivity contribution in [2.45, 2.75) is 37.8 Å². The van der Waals surface area contributed by atoms with Crippen LogP contribution < -0.4 is 4.72 Å². The van der Waals surface area contributed by atoms with Gasteiger partial charge in [0.25, 0.3) is 5.91 Å². The molecule has 2 saturated heterocycles. The molecule has 1 saturated carbocycles. The van der Waals surface area contributed by atoms with Crippen molar-refractivity contribution in [2.75, 3.05) is 24.4 Å². The van der Waals surface area contributed by atoms with Crippen molar-refractivity contribution in [3.63, 3.8) is 0 Å². The van der Waals surface area contributed by atoms with Crippen LogP contribution in [-0.2, 0) is 11.3 Å². The molecule has 4 rings (SSSR count). The Kier molecular flexibility index (Phi) is 4.32. The summed E-state index contributed by atoms with van der Waals surface area (Å²) in [5.41, 5.74) is 1.10. The highest BCUT2D eigenvalue weighted by molar-refractivity contribution is 7.80. The van der Waals surface area contributed by atoms with Crippen molar-refractivity contribution in [3.05, 3.63) is 29.8 Å². The maximum Gasteiger partial charge on any atom is 0.254 e. The number of benzene rings is 1. The molecule has 0 spiro atoms. The van der Waals surface area contributed by atoms with Gasteiger partial charge in [-0.25, -0.2) is 0 Å². The minimum Gasteiger partial charge on any atom is -0.755 e. The molecule has 2 aliphatic heterocycles. The molecule has 6 nitrogen and oxygen atoms in total. The Morgan fingerprint density at radius 3 is 2.29 bits per heavy atom. The highest BCUT2D eigenvalue weighted by Crippen LogP contribution is 2.35. The summed E-state index contributed by atoms with van der Waals surface area (Å²) in [6.07, 6.45) is 4.91. The molecule has 3 atom stereocenters. The van der Waals surface area contributed by atoms with E-state index in [0.29, 0.717) is 23.3 Å². The van der Waals surface area contributed by atoms with E-state index in [0.717, 1.165) is 31.8 Å². The summed E-state index contributed by atoms with van der Waals surface area (Å²) >= 11 is -2.34. The van der Waals surface area contributed by atoms with Crippen molar-refractivity contribution in [1.82, 2.24) is 9.80 Å². The molecule has 3 unspecified atom stereocenters. The van der Waals surface area contributed by atoms with Crippen LogP contribution in [0.25, 0.3) is 0 Å². The van der Waals surface area contributed by atoms with Gasteiger partial charge >= 0.3 is 0 Å². The predicted octanol–water partition coefficient (Wildman–Crippen LogP) is 1.59. The van der Waals surface area contributed by atoms with Crippen molar-refractivity contribution < 1.29 is 13.6 Å². The third-order valence-electron chi connectivity index (χ3n) is 5.34. The number of rotatable bonds is 5. The van der Waals surface area contributed by atoms with Crippen LogP contribution in [0.3, 0.4) is 0 Å². The predicted molar refractivity (Wildman–Crippen MR) is 91.1 cm³/mol. The number of anilines is 1. The molecule has 0 aromatic heterocycles. The smallest absolute Gasteiger partial charge is 0.254 e. The lowest BCUT2D eigenvalue weighted by molar-refractivity contribution is 0.0412. The molecule has 3 aliphatic rings. The number of carbonyl (C=O) groups is 1. The monoisotopic (exact) mass is 348 g/mol. The van der Waals surface area contributed by atoms with Crippen LogP contribution in [0.4, 0.5) is 5.69 Å². The van der Waals surface area contributed by atoms with E-state index in [9.17, 15) is 13.6 Å². The van der Waals surface area contributed by atoms with E-state index in [2.05, 4.69) is 14.5 Å². The quantitative estimate of drug-likeness (QED) is 0.820. The molecule has 130 valence electrons. The summed E-state index contributed by atoms with van der Waals surface area (Å²) in [5.74, 6) is 0.960. The molecule has 2 bridgehead atoms. The highest BCUT2D eigenvalue weighted by atomic mass is 32.2. The first-order chi connectivity index (χ1) is 11.6. The molecule has 1 aromatic rings. The third-order valence-corrected chi connectivity index (χ3v) is 5.74. The van der Waals surface area contributed by atoms with Crippen LogP contribution in [0.1, 0.15) is 36.0 Å². The van der Waals surface area contributed by atoms with E-state index in [1.54, 1.807) is 24.3 Å². The number of amides is 1. The third kappa shape index (κ3) is 3.34. The Morgan fingerprint density at radius 2 is 1.75 bits per heavy atom. The van der Waals surface area contributed by atoms with Crippen LogP contribution >= 0.6 is 0 Å². The molecule has 24 heavy (non-hydrogen) atoms. The van der Waals surface area contributed by atoms with Crippen molar-refractivity contribution in [1.29, 1.82) is 0 Å². The second-order valence-corrected chi connectivity index (χ2v) is 7.85. The molecular weight excluding hydrogens is 326 g/mol. The number of nitrogens with one attached hydrogen (secondary N) is 1. The first-order valence-corrected chi connectivity index (χ1v) is 9.68. The zero-order chi connectivity index (χ0) is 16.7. The largest absolute Gasteiger partial charge is 0.755 e. The number of likely N-dealkylation sites (tertiary alicyclic amines) is 1. The van der Waals surface area contributed by atoms with Crippen LogP contribution in [0.15, 0.2) is 24.3 Å². The molecular formula is C17H22N3O3S-. The number of fused-ring (bicyclic) bond motifs is 2. The highest BCUT2D eigenvalue weighted by Gasteiger charge is 2.43. The zero-order valence-corrected chi connectivity index (χ0v) is 14.3. The molecule has 1 amide bonds. The van der Waals surface area contributed by atoms with Gasteiger partial charge in [0.1, 0.15) is 0 Å². The van der Waals surface area contributed by atoms with E-state index in [4.69, 9.17) is 0 Å². The van der Waals surface area contributed by atoms with E-state index >= 15 is 0 Å². The number of carbonyl (C=O) groups excluding carboxylic acids is 1. The van der Waals surface area contributed by atoms with Gasteiger partial charge in [-0.3, -0.25) is 13.9 Å². The van der Waals surface area contributed by atoms with Gasteiger partial charge < -0.3 is 14.2 Å². The van der Waals surface area contributed by atoms with Gasteiger partial charge in [-0.1, -0.05) is 0 Å².